The number of hydrogen-bond acceptors (Lipinski definition) is 4. The molecule has 1 aliphatic rings. The van der Waals surface area contributed by atoms with Crippen molar-refractivity contribution in [2.24, 2.45) is 5.92 Å². The fraction of sp³-hybridized carbons (Fsp3) is 0.417. The van der Waals surface area contributed by atoms with Crippen molar-refractivity contribution in [3.05, 3.63) is 18.3 Å². The van der Waals surface area contributed by atoms with Crippen LogP contribution in [0.5, 0.6) is 5.75 Å². The smallest absolute Gasteiger partial charge is 0.303 e. The molecule has 1 aromatic rings. The number of amides is 1. The highest BCUT2D eigenvalue weighted by Gasteiger charge is 2.37. The van der Waals surface area contributed by atoms with E-state index in [9.17, 15) is 9.59 Å². The van der Waals surface area contributed by atoms with E-state index in [4.69, 9.17) is 9.84 Å². The lowest BCUT2D eigenvalue weighted by molar-refractivity contribution is -0.139. The Kier molecular flexibility index (Phi) is 3.18. The lowest BCUT2D eigenvalue weighted by Crippen LogP contribution is -2.47. The summed E-state index contributed by atoms with van der Waals surface area (Å²) >= 11 is 0. The van der Waals surface area contributed by atoms with Gasteiger partial charge in [0.15, 0.2) is 17.7 Å². The van der Waals surface area contributed by atoms with Crippen molar-refractivity contribution in [3.8, 4) is 5.75 Å². The normalized spacial score (nSPS) is 20.0. The molecule has 2 rings (SSSR count). The Bertz CT molecular complexity index is 489. The van der Waals surface area contributed by atoms with Gasteiger partial charge in [0.1, 0.15) is 0 Å². The van der Waals surface area contributed by atoms with E-state index in [0.29, 0.717) is 11.6 Å². The monoisotopic (exact) mass is 250 g/mol. The third-order valence-corrected chi connectivity index (χ3v) is 2.91. The second-order valence-corrected chi connectivity index (χ2v) is 4.34. The van der Waals surface area contributed by atoms with Gasteiger partial charge in [-0.05, 0) is 12.1 Å². The van der Waals surface area contributed by atoms with E-state index in [-0.39, 0.29) is 12.3 Å². The quantitative estimate of drug-likeness (QED) is 0.862. The minimum absolute atomic E-state index is 0.111. The highest BCUT2D eigenvalue weighted by molar-refractivity contribution is 5.98. The number of aliphatic carboxylic acids is 1. The zero-order chi connectivity index (χ0) is 13.3. The zero-order valence-corrected chi connectivity index (χ0v) is 10.2. The molecule has 2 unspecified atom stereocenters. The third kappa shape index (κ3) is 2.13. The molecule has 0 radical (unpaired) electrons. The Balaban J connectivity index is 2.26. The second-order valence-electron chi connectivity index (χ2n) is 4.34. The van der Waals surface area contributed by atoms with Gasteiger partial charge < -0.3 is 9.84 Å². The van der Waals surface area contributed by atoms with E-state index < -0.39 is 18.0 Å². The van der Waals surface area contributed by atoms with Crippen molar-refractivity contribution >= 4 is 17.7 Å². The summed E-state index contributed by atoms with van der Waals surface area (Å²) in [6.07, 6.45) is 0.690. The standard InChI is InChI=1S/C12H14N2O4/c1-7(6-9(15)16)10-12(17)14(2)11-8(18-10)4-3-5-13-11/h3-5,7,10H,6H2,1-2H3,(H,15,16). The van der Waals surface area contributed by atoms with Gasteiger partial charge in [-0.25, -0.2) is 4.98 Å². The molecule has 6 nitrogen and oxygen atoms in total. The number of rotatable bonds is 3. The number of likely N-dealkylation sites (N-methyl/N-ethyl adjacent to an activating group) is 1. The molecule has 0 fully saturated rings. The van der Waals surface area contributed by atoms with Crippen LogP contribution in [0.1, 0.15) is 13.3 Å². The lowest BCUT2D eigenvalue weighted by Gasteiger charge is -2.33. The van der Waals surface area contributed by atoms with Crippen molar-refractivity contribution < 1.29 is 19.4 Å². The summed E-state index contributed by atoms with van der Waals surface area (Å²) in [6.45, 7) is 1.69. The van der Waals surface area contributed by atoms with E-state index >= 15 is 0 Å². The van der Waals surface area contributed by atoms with E-state index in [1.807, 2.05) is 0 Å². The molecule has 0 aliphatic carbocycles. The van der Waals surface area contributed by atoms with Crippen molar-refractivity contribution in [1.29, 1.82) is 0 Å². The first-order chi connectivity index (χ1) is 8.50. The largest absolute Gasteiger partial charge is 0.481 e. The molecule has 1 N–H and O–H groups in total. The number of carboxylic acids is 1. The molecule has 2 atom stereocenters. The maximum atomic E-state index is 12.1. The molecule has 0 spiro atoms. The van der Waals surface area contributed by atoms with Gasteiger partial charge in [0.2, 0.25) is 0 Å². The molecular formula is C12H14N2O4. The molecule has 18 heavy (non-hydrogen) atoms. The van der Waals surface area contributed by atoms with Crippen LogP contribution in [0.3, 0.4) is 0 Å². The molecule has 0 bridgehead atoms. The first kappa shape index (κ1) is 12.3. The number of carboxylic acid groups (broad SMARTS) is 1. The fourth-order valence-electron chi connectivity index (χ4n) is 1.95. The van der Waals surface area contributed by atoms with Gasteiger partial charge in [0, 0.05) is 19.2 Å². The van der Waals surface area contributed by atoms with Gasteiger partial charge in [0.25, 0.3) is 5.91 Å². The Morgan fingerprint density at radius 3 is 3.06 bits per heavy atom. The maximum absolute atomic E-state index is 12.1. The molecule has 96 valence electrons. The maximum Gasteiger partial charge on any atom is 0.303 e. The Morgan fingerprint density at radius 2 is 2.39 bits per heavy atom. The van der Waals surface area contributed by atoms with Crippen molar-refractivity contribution in [2.75, 3.05) is 11.9 Å². The second kappa shape index (κ2) is 4.64. The lowest BCUT2D eigenvalue weighted by atomic mass is 9.98. The number of aromatic nitrogens is 1. The summed E-state index contributed by atoms with van der Waals surface area (Å²) in [4.78, 5) is 28.2. The summed E-state index contributed by atoms with van der Waals surface area (Å²) < 4.78 is 5.56. The molecule has 2 heterocycles. The average molecular weight is 250 g/mol. The third-order valence-electron chi connectivity index (χ3n) is 2.91. The summed E-state index contributed by atoms with van der Waals surface area (Å²) in [7, 11) is 1.61. The molecule has 6 heteroatoms. The number of nitrogens with zero attached hydrogens (tertiary/aromatic N) is 2. The van der Waals surface area contributed by atoms with E-state index in [1.54, 1.807) is 32.3 Å². The van der Waals surface area contributed by atoms with Gasteiger partial charge in [-0.2, -0.15) is 0 Å². The van der Waals surface area contributed by atoms with Crippen molar-refractivity contribution in [1.82, 2.24) is 4.98 Å². The minimum Gasteiger partial charge on any atom is -0.481 e. The van der Waals surface area contributed by atoms with E-state index in [2.05, 4.69) is 4.98 Å². The molecule has 1 aromatic heterocycles. The number of fused-ring (bicyclic) bond motifs is 1. The van der Waals surface area contributed by atoms with Crippen LogP contribution in [0.4, 0.5) is 5.82 Å². The number of carbonyl (C=O) groups is 2. The van der Waals surface area contributed by atoms with Gasteiger partial charge in [-0.1, -0.05) is 6.92 Å². The Morgan fingerprint density at radius 1 is 1.67 bits per heavy atom. The van der Waals surface area contributed by atoms with Crippen LogP contribution < -0.4 is 9.64 Å². The zero-order valence-electron chi connectivity index (χ0n) is 10.2. The molecule has 1 amide bonds. The van der Waals surface area contributed by atoms with Crippen LogP contribution >= 0.6 is 0 Å². The van der Waals surface area contributed by atoms with Crippen molar-refractivity contribution in [3.63, 3.8) is 0 Å². The Labute approximate surface area is 104 Å². The number of hydrogen-bond donors (Lipinski definition) is 1. The molecular weight excluding hydrogens is 236 g/mol. The number of pyridine rings is 1. The van der Waals surface area contributed by atoms with Crippen LogP contribution in [-0.2, 0) is 9.59 Å². The van der Waals surface area contributed by atoms with E-state index in [0.717, 1.165) is 0 Å². The molecule has 0 saturated heterocycles. The fourth-order valence-corrected chi connectivity index (χ4v) is 1.95. The number of carbonyl (C=O) groups excluding carboxylic acids is 1. The van der Waals surface area contributed by atoms with E-state index in [1.165, 1.54) is 4.90 Å². The van der Waals surface area contributed by atoms with Gasteiger partial charge >= 0.3 is 5.97 Å². The predicted octanol–water partition coefficient (Wildman–Crippen LogP) is 0.916. The van der Waals surface area contributed by atoms with Crippen molar-refractivity contribution in [2.45, 2.75) is 19.4 Å². The van der Waals surface area contributed by atoms with Gasteiger partial charge in [-0.15, -0.1) is 0 Å². The summed E-state index contributed by atoms with van der Waals surface area (Å²) in [5, 5.41) is 8.77. The summed E-state index contributed by atoms with van der Waals surface area (Å²) in [5.41, 5.74) is 0. The first-order valence-corrected chi connectivity index (χ1v) is 5.61. The molecule has 0 aromatic carbocycles. The van der Waals surface area contributed by atoms with Gasteiger partial charge in [-0.3, -0.25) is 14.5 Å². The molecule has 1 aliphatic heterocycles. The summed E-state index contributed by atoms with van der Waals surface area (Å²) in [5.74, 6) is -0.651. The minimum atomic E-state index is -0.946. The Hall–Kier alpha value is -2.11. The summed E-state index contributed by atoms with van der Waals surface area (Å²) in [6, 6.07) is 3.42. The van der Waals surface area contributed by atoms with Crippen LogP contribution in [0.25, 0.3) is 0 Å². The van der Waals surface area contributed by atoms with Crippen LogP contribution in [0.15, 0.2) is 18.3 Å². The van der Waals surface area contributed by atoms with Gasteiger partial charge in [0.05, 0.1) is 6.42 Å². The van der Waals surface area contributed by atoms with Crippen LogP contribution in [0, 0.1) is 5.92 Å². The average Bonchev–Trinajstić information content (AvgIpc) is 2.33. The highest BCUT2D eigenvalue weighted by atomic mass is 16.5. The number of ether oxygens (including phenoxy) is 1. The number of anilines is 1. The highest BCUT2D eigenvalue weighted by Crippen LogP contribution is 2.32. The topological polar surface area (TPSA) is 79.7 Å². The van der Waals surface area contributed by atoms with Crippen LogP contribution in [-0.4, -0.2) is 35.1 Å². The SMILES string of the molecule is CC(CC(=O)O)C1Oc2cccnc2N(C)C1=O. The molecule has 0 saturated carbocycles. The van der Waals surface area contributed by atoms with Crippen LogP contribution in [0.2, 0.25) is 0 Å². The first-order valence-electron chi connectivity index (χ1n) is 5.61. The predicted molar refractivity (Wildman–Crippen MR) is 63.5 cm³/mol.